The van der Waals surface area contributed by atoms with Crippen molar-refractivity contribution in [1.29, 1.82) is 0 Å². The minimum atomic E-state index is -1.68. The van der Waals surface area contributed by atoms with Crippen LogP contribution < -0.4 is 10.6 Å². The third kappa shape index (κ3) is 6.83. The number of aliphatic hydroxyl groups excluding tert-OH is 1. The average molecular weight is 840 g/mol. The van der Waals surface area contributed by atoms with Crippen molar-refractivity contribution in [2.75, 3.05) is 13.1 Å². The molecule has 12 atom stereocenters. The van der Waals surface area contributed by atoms with Gasteiger partial charge in [0.25, 0.3) is 5.91 Å². The molecule has 0 heterocycles. The number of amides is 1. The van der Waals surface area contributed by atoms with Crippen LogP contribution in [0.5, 0.6) is 0 Å². The fourth-order valence-electron chi connectivity index (χ4n) is 14.7. The number of esters is 1. The lowest BCUT2D eigenvalue weighted by atomic mass is 9.33. The quantitative estimate of drug-likeness (QED) is 0.128. The molecule has 1 unspecified atom stereocenters. The number of carboxylic acid groups (broad SMARTS) is 1. The summed E-state index contributed by atoms with van der Waals surface area (Å²) in [4.78, 5) is 52.1. The SMILES string of the molecule is CC(C)C1=C2[C@H]3CC[C@@H]4[C@@]5(C)CC[C@H](OC(=O)[C@H]6C[C@@H](C(=O)O)C6(C)C)C(C)(C)[C@@H]5CC[C@@]4(C)[C@]3(C)CC[C@@]2([C@@H](O)CNCC(F)NC(=O)c2ccc(Cl)cc2)CC1=O. The van der Waals surface area contributed by atoms with Gasteiger partial charge >= 0.3 is 11.9 Å². The number of ether oxygens (including phenoxy) is 1. The normalized spacial score (nSPS) is 39.2. The minimum Gasteiger partial charge on any atom is -0.481 e. The molecule has 0 bridgehead atoms. The Labute approximate surface area is 355 Å². The van der Waals surface area contributed by atoms with Crippen molar-refractivity contribution in [3.8, 4) is 0 Å². The van der Waals surface area contributed by atoms with Gasteiger partial charge in [0.05, 0.1) is 17.9 Å². The lowest BCUT2D eigenvalue weighted by Gasteiger charge is -2.72. The summed E-state index contributed by atoms with van der Waals surface area (Å²) in [7, 11) is 0. The van der Waals surface area contributed by atoms with Gasteiger partial charge in [-0.25, -0.2) is 4.39 Å². The number of fused-ring (bicyclic) bond motifs is 7. The van der Waals surface area contributed by atoms with Gasteiger partial charge in [0.2, 0.25) is 0 Å². The molecular formula is C48H68ClFN2O7. The van der Waals surface area contributed by atoms with E-state index in [9.17, 15) is 29.4 Å². The van der Waals surface area contributed by atoms with Crippen molar-refractivity contribution in [3.63, 3.8) is 0 Å². The van der Waals surface area contributed by atoms with Gasteiger partial charge in [-0.15, -0.1) is 0 Å². The number of carbonyl (C=O) groups excluding carboxylic acids is 3. The Hall–Kier alpha value is -2.82. The number of nitrogens with one attached hydrogen (secondary N) is 2. The third-order valence-corrected chi connectivity index (χ3v) is 18.5. The molecule has 4 N–H and O–H groups in total. The first-order chi connectivity index (χ1) is 27.5. The van der Waals surface area contributed by atoms with Crippen LogP contribution in [-0.4, -0.2) is 65.4 Å². The monoisotopic (exact) mass is 838 g/mol. The number of halogens is 2. The zero-order chi connectivity index (χ0) is 43.2. The molecule has 6 aliphatic carbocycles. The lowest BCUT2D eigenvalue weighted by molar-refractivity contribution is -0.238. The van der Waals surface area contributed by atoms with Gasteiger partial charge in [0, 0.05) is 40.9 Å². The number of benzene rings is 1. The zero-order valence-corrected chi connectivity index (χ0v) is 37.4. The molecule has 326 valence electrons. The van der Waals surface area contributed by atoms with Crippen molar-refractivity contribution in [3.05, 3.63) is 46.0 Å². The second kappa shape index (κ2) is 15.2. The number of rotatable bonds is 11. The second-order valence-corrected chi connectivity index (χ2v) is 22.2. The zero-order valence-electron chi connectivity index (χ0n) is 36.7. The van der Waals surface area contributed by atoms with Crippen molar-refractivity contribution in [2.24, 2.45) is 68.0 Å². The van der Waals surface area contributed by atoms with Crippen LogP contribution in [0.3, 0.4) is 0 Å². The predicted octanol–water partition coefficient (Wildman–Crippen LogP) is 8.96. The highest BCUT2D eigenvalue weighted by Crippen LogP contribution is 2.77. The van der Waals surface area contributed by atoms with Crippen LogP contribution in [-0.2, 0) is 19.1 Å². The smallest absolute Gasteiger partial charge is 0.309 e. The Morgan fingerprint density at radius 2 is 1.54 bits per heavy atom. The molecule has 0 radical (unpaired) electrons. The molecule has 5 fully saturated rings. The first kappa shape index (κ1) is 44.2. The van der Waals surface area contributed by atoms with Crippen molar-refractivity contribution in [1.82, 2.24) is 10.6 Å². The number of alkyl halides is 1. The van der Waals surface area contributed by atoms with E-state index in [1.165, 1.54) is 12.1 Å². The predicted molar refractivity (Wildman–Crippen MR) is 225 cm³/mol. The number of aliphatic carboxylic acids is 1. The summed E-state index contributed by atoms with van der Waals surface area (Å²) in [6.45, 7) is 19.9. The molecule has 1 aromatic carbocycles. The van der Waals surface area contributed by atoms with Crippen LogP contribution in [0.4, 0.5) is 4.39 Å². The topological polar surface area (TPSA) is 142 Å². The van der Waals surface area contributed by atoms with Gasteiger partial charge in [-0.2, -0.15) is 0 Å². The molecule has 0 saturated heterocycles. The summed E-state index contributed by atoms with van der Waals surface area (Å²) < 4.78 is 21.5. The number of ketones is 1. The van der Waals surface area contributed by atoms with Crippen LogP contribution in [0, 0.1) is 68.0 Å². The average Bonchev–Trinajstić information content (AvgIpc) is 3.46. The van der Waals surface area contributed by atoms with Gasteiger partial charge in [0.15, 0.2) is 12.1 Å². The molecule has 7 rings (SSSR count). The maximum absolute atomic E-state index is 15.1. The maximum atomic E-state index is 15.1. The maximum Gasteiger partial charge on any atom is 0.309 e. The van der Waals surface area contributed by atoms with Crippen molar-refractivity contribution < 1.29 is 38.5 Å². The highest BCUT2D eigenvalue weighted by atomic mass is 35.5. The molecular weight excluding hydrogens is 771 g/mol. The van der Waals surface area contributed by atoms with E-state index >= 15 is 4.39 Å². The molecule has 11 heteroatoms. The van der Waals surface area contributed by atoms with Crippen LogP contribution >= 0.6 is 11.6 Å². The van der Waals surface area contributed by atoms with E-state index in [1.54, 1.807) is 12.1 Å². The molecule has 6 aliphatic rings. The second-order valence-electron chi connectivity index (χ2n) is 21.8. The Morgan fingerprint density at radius 1 is 0.864 bits per heavy atom. The molecule has 0 aromatic heterocycles. The highest BCUT2D eigenvalue weighted by molar-refractivity contribution is 6.30. The number of Topliss-reactive ketones (excluding diaryl/α,β-unsaturated/α-hetero) is 1. The summed E-state index contributed by atoms with van der Waals surface area (Å²) in [5.41, 5.74) is 0.602. The fraction of sp³-hybridized carbons (Fsp3) is 0.750. The van der Waals surface area contributed by atoms with E-state index in [4.69, 9.17) is 16.3 Å². The molecule has 0 aliphatic heterocycles. The first-order valence-electron chi connectivity index (χ1n) is 22.3. The summed E-state index contributed by atoms with van der Waals surface area (Å²) in [5, 5.41) is 27.8. The van der Waals surface area contributed by atoms with Gasteiger partial charge in [-0.3, -0.25) is 19.2 Å². The van der Waals surface area contributed by atoms with Crippen molar-refractivity contribution in [2.45, 2.75) is 145 Å². The minimum absolute atomic E-state index is 0.0123. The van der Waals surface area contributed by atoms with Gasteiger partial charge in [-0.05, 0) is 133 Å². The summed E-state index contributed by atoms with van der Waals surface area (Å²) in [6.07, 6.45) is 5.06. The van der Waals surface area contributed by atoms with E-state index in [0.29, 0.717) is 35.3 Å². The summed E-state index contributed by atoms with van der Waals surface area (Å²) in [6, 6.07) is 6.24. The van der Waals surface area contributed by atoms with E-state index in [-0.39, 0.29) is 70.9 Å². The number of aliphatic hydroxyl groups is 1. The van der Waals surface area contributed by atoms with Crippen LogP contribution in [0.1, 0.15) is 137 Å². The highest BCUT2D eigenvalue weighted by Gasteiger charge is 2.71. The third-order valence-electron chi connectivity index (χ3n) is 18.2. The first-order valence-corrected chi connectivity index (χ1v) is 22.6. The van der Waals surface area contributed by atoms with Crippen molar-refractivity contribution >= 4 is 35.2 Å². The van der Waals surface area contributed by atoms with E-state index in [0.717, 1.165) is 56.1 Å². The summed E-state index contributed by atoms with van der Waals surface area (Å²) in [5.74, 6) is -1.56. The lowest BCUT2D eigenvalue weighted by Crippen LogP contribution is -2.66. The number of carboxylic acids is 1. The van der Waals surface area contributed by atoms with Crippen LogP contribution in [0.25, 0.3) is 0 Å². The van der Waals surface area contributed by atoms with Crippen LogP contribution in [0.15, 0.2) is 35.4 Å². The van der Waals surface area contributed by atoms with E-state index in [1.807, 2.05) is 13.8 Å². The molecule has 0 spiro atoms. The fourth-order valence-corrected chi connectivity index (χ4v) is 14.8. The summed E-state index contributed by atoms with van der Waals surface area (Å²) >= 11 is 5.94. The Balaban J connectivity index is 1.08. The number of hydrogen-bond donors (Lipinski definition) is 4. The Morgan fingerprint density at radius 3 is 2.17 bits per heavy atom. The molecule has 59 heavy (non-hydrogen) atoms. The van der Waals surface area contributed by atoms with Gasteiger partial charge in [-0.1, -0.05) is 79.5 Å². The van der Waals surface area contributed by atoms with Crippen LogP contribution in [0.2, 0.25) is 5.02 Å². The number of allylic oxidation sites excluding steroid dienone is 1. The van der Waals surface area contributed by atoms with Gasteiger partial charge in [0.1, 0.15) is 6.10 Å². The molecule has 1 aromatic rings. The molecule has 5 saturated carbocycles. The molecule has 1 amide bonds. The largest absolute Gasteiger partial charge is 0.481 e. The van der Waals surface area contributed by atoms with E-state index in [2.05, 4.69) is 59.1 Å². The number of carbonyl (C=O) groups is 4. The molecule has 9 nitrogen and oxygen atoms in total. The Bertz CT molecular complexity index is 1900. The van der Waals surface area contributed by atoms with Gasteiger partial charge < -0.3 is 25.6 Å². The number of hydrogen-bond acceptors (Lipinski definition) is 7. The standard InChI is InChI=1S/C48H68ClFN2O7/c1-26(2)38-32(53)23-48(35(54)24-51-25-37(50)52-40(55)27-10-12-28(49)13-11-27)21-20-46(8)29(39(38)48)14-15-34-45(7)18-17-36(44(5,6)33(45)16-19-47(34,46)9)59-42(58)31-22-30(41(56)57)43(31,3)4/h10-13,26,29-31,33-37,51,54H,14-25H2,1-9H3,(H,52,55)(H,56,57)/t29-,30+,31-,33+,34-,35+,36+,37?,45+,46-,47-,48+/m1/s1. The van der Waals surface area contributed by atoms with E-state index < -0.39 is 46.9 Å². The Kier molecular flexibility index (Phi) is 11.4.